The van der Waals surface area contributed by atoms with Crippen LogP contribution in [0.3, 0.4) is 0 Å². The average Bonchev–Trinajstić information content (AvgIpc) is 3.05. The molecule has 36 heavy (non-hydrogen) atoms. The third kappa shape index (κ3) is 4.30. The van der Waals surface area contributed by atoms with Gasteiger partial charge in [-0.2, -0.15) is 0 Å². The number of nitrogens with one attached hydrogen (secondary N) is 1. The Labute approximate surface area is 213 Å². The molecule has 0 spiro atoms. The second-order valence-electron chi connectivity index (χ2n) is 9.53. The van der Waals surface area contributed by atoms with E-state index in [1.54, 1.807) is 11.8 Å². The van der Waals surface area contributed by atoms with Crippen LogP contribution in [0.15, 0.2) is 90.1 Å². The molecule has 0 bridgehead atoms. The predicted molar refractivity (Wildman–Crippen MR) is 146 cm³/mol. The SMILES string of the molecule is CCN(CC)c1ccc([C@@H]2C3=C(C[C@H](c4ccccc4)CC3=O)Nc3ccccc3N2C(C)=O)cc1. The second kappa shape index (κ2) is 10.0. The molecular weight excluding hydrogens is 446 g/mol. The average molecular weight is 480 g/mol. The number of allylic oxidation sites excluding steroid dienone is 1. The Morgan fingerprint density at radius 1 is 0.889 bits per heavy atom. The van der Waals surface area contributed by atoms with Crippen molar-refractivity contribution in [1.29, 1.82) is 0 Å². The van der Waals surface area contributed by atoms with Crippen LogP contribution in [-0.4, -0.2) is 24.8 Å². The normalized spacial score (nSPS) is 19.2. The minimum atomic E-state index is -0.483. The van der Waals surface area contributed by atoms with Crippen molar-refractivity contribution in [2.45, 2.75) is 45.6 Å². The summed E-state index contributed by atoms with van der Waals surface area (Å²) in [6.07, 6.45) is 1.15. The maximum Gasteiger partial charge on any atom is 0.224 e. The van der Waals surface area contributed by atoms with Gasteiger partial charge in [0, 0.05) is 43.4 Å². The molecule has 0 saturated carbocycles. The molecule has 5 rings (SSSR count). The summed E-state index contributed by atoms with van der Waals surface area (Å²) in [7, 11) is 0. The van der Waals surface area contributed by atoms with Crippen molar-refractivity contribution in [2.24, 2.45) is 0 Å². The lowest BCUT2D eigenvalue weighted by Gasteiger charge is -2.35. The molecule has 0 aromatic heterocycles. The van der Waals surface area contributed by atoms with Crippen LogP contribution in [0.2, 0.25) is 0 Å². The second-order valence-corrected chi connectivity index (χ2v) is 9.53. The largest absolute Gasteiger partial charge is 0.372 e. The van der Waals surface area contributed by atoms with Crippen LogP contribution in [0.1, 0.15) is 56.7 Å². The number of carbonyl (C=O) groups is 2. The number of hydrogen-bond donors (Lipinski definition) is 1. The molecule has 3 aromatic rings. The van der Waals surface area contributed by atoms with Crippen molar-refractivity contribution >= 4 is 28.8 Å². The molecular formula is C31H33N3O2. The van der Waals surface area contributed by atoms with Gasteiger partial charge in [0.2, 0.25) is 5.91 Å². The fraction of sp³-hybridized carbons (Fsp3) is 0.290. The number of fused-ring (bicyclic) bond motifs is 1. The zero-order valence-corrected chi connectivity index (χ0v) is 21.2. The Bertz CT molecular complexity index is 1290. The number of amides is 1. The first kappa shape index (κ1) is 23.9. The Morgan fingerprint density at radius 2 is 1.56 bits per heavy atom. The molecule has 0 radical (unpaired) electrons. The van der Waals surface area contributed by atoms with Gasteiger partial charge in [0.25, 0.3) is 0 Å². The first-order chi connectivity index (χ1) is 17.5. The summed E-state index contributed by atoms with van der Waals surface area (Å²) in [5, 5.41) is 3.58. The Morgan fingerprint density at radius 3 is 2.22 bits per heavy atom. The molecule has 5 nitrogen and oxygen atoms in total. The van der Waals surface area contributed by atoms with Crippen molar-refractivity contribution in [2.75, 3.05) is 28.2 Å². The van der Waals surface area contributed by atoms with Gasteiger partial charge < -0.3 is 10.2 Å². The molecule has 0 saturated heterocycles. The van der Waals surface area contributed by atoms with Crippen molar-refractivity contribution in [1.82, 2.24) is 0 Å². The van der Waals surface area contributed by atoms with Gasteiger partial charge >= 0.3 is 0 Å². The molecule has 3 aromatic carbocycles. The number of Topliss-reactive ketones (excluding diaryl/α,β-unsaturated/α-hetero) is 1. The van der Waals surface area contributed by atoms with Crippen molar-refractivity contribution in [3.8, 4) is 0 Å². The summed E-state index contributed by atoms with van der Waals surface area (Å²) in [5.41, 5.74) is 6.50. The Hall–Kier alpha value is -3.86. The van der Waals surface area contributed by atoms with Gasteiger partial charge in [0.15, 0.2) is 5.78 Å². The zero-order chi connectivity index (χ0) is 25.2. The van der Waals surface area contributed by atoms with Crippen LogP contribution < -0.4 is 15.1 Å². The lowest BCUT2D eigenvalue weighted by molar-refractivity contribution is -0.117. The summed E-state index contributed by atoms with van der Waals surface area (Å²) in [4.78, 5) is 31.2. The van der Waals surface area contributed by atoms with E-state index in [4.69, 9.17) is 0 Å². The Kier molecular flexibility index (Phi) is 6.64. The molecule has 0 unspecified atom stereocenters. The van der Waals surface area contributed by atoms with Crippen LogP contribution in [0, 0.1) is 0 Å². The van der Waals surface area contributed by atoms with E-state index in [1.165, 1.54) is 5.56 Å². The number of anilines is 3. The molecule has 1 heterocycles. The van der Waals surface area contributed by atoms with E-state index >= 15 is 0 Å². The lowest BCUT2D eigenvalue weighted by Crippen LogP contribution is -2.37. The molecule has 5 heteroatoms. The van der Waals surface area contributed by atoms with Crippen molar-refractivity contribution < 1.29 is 9.59 Å². The van der Waals surface area contributed by atoms with Crippen LogP contribution >= 0.6 is 0 Å². The number of para-hydroxylation sites is 2. The number of nitrogens with zero attached hydrogens (tertiary/aromatic N) is 2. The summed E-state index contributed by atoms with van der Waals surface area (Å²) < 4.78 is 0. The van der Waals surface area contributed by atoms with Gasteiger partial charge in [0.05, 0.1) is 17.4 Å². The highest BCUT2D eigenvalue weighted by Crippen LogP contribution is 2.47. The fourth-order valence-corrected chi connectivity index (χ4v) is 5.67. The minimum Gasteiger partial charge on any atom is -0.372 e. The highest BCUT2D eigenvalue weighted by Gasteiger charge is 2.40. The molecule has 1 N–H and O–H groups in total. The van der Waals surface area contributed by atoms with E-state index in [1.807, 2.05) is 42.5 Å². The van der Waals surface area contributed by atoms with Crippen LogP contribution in [0.25, 0.3) is 0 Å². The quantitative estimate of drug-likeness (QED) is 0.457. The van der Waals surface area contributed by atoms with Crippen molar-refractivity contribution in [3.05, 3.63) is 101 Å². The van der Waals surface area contributed by atoms with Crippen LogP contribution in [-0.2, 0) is 9.59 Å². The number of ketones is 1. The third-order valence-electron chi connectivity index (χ3n) is 7.44. The van der Waals surface area contributed by atoms with E-state index < -0.39 is 6.04 Å². The van der Waals surface area contributed by atoms with E-state index in [9.17, 15) is 9.59 Å². The topological polar surface area (TPSA) is 52.7 Å². The third-order valence-corrected chi connectivity index (χ3v) is 7.44. The van der Waals surface area contributed by atoms with Gasteiger partial charge in [0.1, 0.15) is 0 Å². The molecule has 2 aliphatic rings. The summed E-state index contributed by atoms with van der Waals surface area (Å²) in [6, 6.07) is 26.0. The summed E-state index contributed by atoms with van der Waals surface area (Å²) in [6.45, 7) is 7.71. The summed E-state index contributed by atoms with van der Waals surface area (Å²) in [5.74, 6) is 0.106. The number of benzene rings is 3. The summed E-state index contributed by atoms with van der Waals surface area (Å²) >= 11 is 0. The molecule has 0 fully saturated rings. The molecule has 1 aliphatic carbocycles. The highest BCUT2D eigenvalue weighted by molar-refractivity contribution is 6.06. The van der Waals surface area contributed by atoms with Crippen LogP contribution in [0.4, 0.5) is 17.1 Å². The van der Waals surface area contributed by atoms with Gasteiger partial charge in [-0.3, -0.25) is 14.5 Å². The van der Waals surface area contributed by atoms with E-state index in [2.05, 4.69) is 60.5 Å². The number of carbonyl (C=O) groups excluding carboxylic acids is 2. The van der Waals surface area contributed by atoms with Crippen molar-refractivity contribution in [3.63, 3.8) is 0 Å². The molecule has 184 valence electrons. The standard InChI is InChI=1S/C31H33N3O2/c1-4-33(5-2)25-17-15-23(16-18-25)31-30-27(19-24(20-29(30)36)22-11-7-6-8-12-22)32-26-13-9-10-14-28(26)34(31)21(3)35/h6-18,24,31-32H,4-5,19-20H2,1-3H3/t24-,31+/m0/s1. The monoisotopic (exact) mass is 479 g/mol. The minimum absolute atomic E-state index is 0.0891. The zero-order valence-electron chi connectivity index (χ0n) is 21.2. The van der Waals surface area contributed by atoms with E-state index in [0.717, 1.165) is 47.8 Å². The van der Waals surface area contributed by atoms with Gasteiger partial charge in [-0.1, -0.05) is 54.6 Å². The van der Waals surface area contributed by atoms with E-state index in [-0.39, 0.29) is 17.6 Å². The lowest BCUT2D eigenvalue weighted by atomic mass is 9.78. The first-order valence-corrected chi connectivity index (χ1v) is 12.8. The maximum absolute atomic E-state index is 13.9. The first-order valence-electron chi connectivity index (χ1n) is 12.8. The van der Waals surface area contributed by atoms with Gasteiger partial charge in [-0.05, 0) is 61.6 Å². The Balaban J connectivity index is 1.66. The van der Waals surface area contributed by atoms with Gasteiger partial charge in [-0.25, -0.2) is 0 Å². The smallest absolute Gasteiger partial charge is 0.224 e. The molecule has 1 amide bonds. The highest BCUT2D eigenvalue weighted by atomic mass is 16.2. The number of rotatable bonds is 5. The molecule has 2 atom stereocenters. The maximum atomic E-state index is 13.9. The fourth-order valence-electron chi connectivity index (χ4n) is 5.67. The predicted octanol–water partition coefficient (Wildman–Crippen LogP) is 6.45. The van der Waals surface area contributed by atoms with Crippen LogP contribution in [0.5, 0.6) is 0 Å². The van der Waals surface area contributed by atoms with Gasteiger partial charge in [-0.15, -0.1) is 0 Å². The number of hydrogen-bond acceptors (Lipinski definition) is 4. The molecule has 1 aliphatic heterocycles. The van der Waals surface area contributed by atoms with E-state index in [0.29, 0.717) is 12.0 Å².